The first-order valence-electron chi connectivity index (χ1n) is 11.7. The molecule has 0 aliphatic carbocycles. The summed E-state index contributed by atoms with van der Waals surface area (Å²) >= 11 is 5.31. The molecule has 0 unspecified atom stereocenters. The van der Waals surface area contributed by atoms with E-state index in [1.807, 2.05) is 60.9 Å². The number of aromatic nitrogens is 1. The van der Waals surface area contributed by atoms with Crippen molar-refractivity contribution in [1.82, 2.24) is 9.88 Å². The maximum Gasteiger partial charge on any atom is 0.338 e. The highest BCUT2D eigenvalue weighted by atomic mass is 32.1. The summed E-state index contributed by atoms with van der Waals surface area (Å²) in [6, 6.07) is 16.5. The van der Waals surface area contributed by atoms with Crippen molar-refractivity contribution in [3.05, 3.63) is 88.2 Å². The van der Waals surface area contributed by atoms with Crippen molar-refractivity contribution in [2.24, 2.45) is 0 Å². The van der Waals surface area contributed by atoms with Gasteiger partial charge in [0.05, 0.1) is 17.9 Å². The number of amides is 2. The minimum absolute atomic E-state index is 0.000997. The molecule has 7 nitrogen and oxygen atoms in total. The van der Waals surface area contributed by atoms with E-state index in [1.54, 1.807) is 25.1 Å². The number of nitrogens with zero attached hydrogens (tertiary/aromatic N) is 2. The summed E-state index contributed by atoms with van der Waals surface area (Å²) < 4.78 is 7.05. The zero-order valence-corrected chi connectivity index (χ0v) is 21.4. The van der Waals surface area contributed by atoms with Gasteiger partial charge in [0.2, 0.25) is 0 Å². The first-order valence-corrected chi connectivity index (χ1v) is 12.1. The van der Waals surface area contributed by atoms with E-state index in [9.17, 15) is 14.4 Å². The van der Waals surface area contributed by atoms with Gasteiger partial charge in [-0.1, -0.05) is 19.1 Å². The molecule has 4 rings (SSSR count). The number of carbonyl (C=O) groups excluding carboxylic acids is 3. The van der Waals surface area contributed by atoms with E-state index in [0.29, 0.717) is 17.9 Å². The van der Waals surface area contributed by atoms with Crippen LogP contribution in [0.2, 0.25) is 0 Å². The van der Waals surface area contributed by atoms with Crippen LogP contribution in [0, 0.1) is 13.8 Å². The lowest BCUT2D eigenvalue weighted by Gasteiger charge is -2.29. The largest absolute Gasteiger partial charge is 0.462 e. The summed E-state index contributed by atoms with van der Waals surface area (Å²) in [5, 5.41) is 2.69. The first-order chi connectivity index (χ1) is 17.2. The van der Waals surface area contributed by atoms with Crippen LogP contribution in [0.1, 0.15) is 46.7 Å². The molecule has 3 aromatic rings. The summed E-state index contributed by atoms with van der Waals surface area (Å²) in [7, 11) is 0. The molecule has 8 heteroatoms. The van der Waals surface area contributed by atoms with E-state index < -0.39 is 11.8 Å². The van der Waals surface area contributed by atoms with Crippen LogP contribution in [0.4, 0.5) is 5.69 Å². The highest BCUT2D eigenvalue weighted by Gasteiger charge is 2.34. The second-order valence-electron chi connectivity index (χ2n) is 8.41. The van der Waals surface area contributed by atoms with Gasteiger partial charge in [0, 0.05) is 17.1 Å². The van der Waals surface area contributed by atoms with Gasteiger partial charge < -0.3 is 9.30 Å². The number of thiocarbonyl (C=S) groups is 1. The number of esters is 1. The van der Waals surface area contributed by atoms with Crippen LogP contribution in [0.5, 0.6) is 0 Å². The Kier molecular flexibility index (Phi) is 7.17. The highest BCUT2D eigenvalue weighted by Crippen LogP contribution is 2.26. The Labute approximate surface area is 215 Å². The van der Waals surface area contributed by atoms with Crippen LogP contribution in [-0.4, -0.2) is 34.1 Å². The van der Waals surface area contributed by atoms with Gasteiger partial charge in [-0.3, -0.25) is 19.8 Å². The summed E-state index contributed by atoms with van der Waals surface area (Å²) in [4.78, 5) is 39.5. The third-order valence-electron chi connectivity index (χ3n) is 6.11. The number of benzene rings is 2. The molecule has 1 aliphatic rings. The zero-order chi connectivity index (χ0) is 26.0. The van der Waals surface area contributed by atoms with Crippen molar-refractivity contribution < 1.29 is 19.1 Å². The summed E-state index contributed by atoms with van der Waals surface area (Å²) in [5.41, 5.74) is 5.54. The SMILES string of the molecule is CCOC(=O)c1ccc(-n2c(C)cc(C=C3C(=O)NC(=S)N(c4ccc(CC)cc4)C3=O)c2C)cc1. The van der Waals surface area contributed by atoms with Gasteiger partial charge >= 0.3 is 5.97 Å². The molecule has 1 N–H and O–H groups in total. The third kappa shape index (κ3) is 4.72. The van der Waals surface area contributed by atoms with Crippen molar-refractivity contribution in [2.45, 2.75) is 34.1 Å². The Morgan fingerprint density at radius 1 is 1.00 bits per heavy atom. The fourth-order valence-corrected chi connectivity index (χ4v) is 4.50. The minimum atomic E-state index is -0.532. The van der Waals surface area contributed by atoms with Crippen LogP contribution in [0.25, 0.3) is 11.8 Å². The number of hydrogen-bond acceptors (Lipinski definition) is 5. The zero-order valence-electron chi connectivity index (χ0n) is 20.6. The van der Waals surface area contributed by atoms with E-state index in [1.165, 1.54) is 4.90 Å². The normalized spacial score (nSPS) is 14.8. The molecule has 0 bridgehead atoms. The number of ether oxygens (including phenoxy) is 1. The van der Waals surface area contributed by atoms with Gasteiger partial charge in [-0.05, 0) is 99.1 Å². The van der Waals surface area contributed by atoms with E-state index in [-0.39, 0.29) is 16.7 Å². The number of nitrogens with one attached hydrogen (secondary N) is 1. The Morgan fingerprint density at radius 2 is 1.64 bits per heavy atom. The van der Waals surface area contributed by atoms with Crippen LogP contribution in [-0.2, 0) is 20.7 Å². The summed E-state index contributed by atoms with van der Waals surface area (Å²) in [6.07, 6.45) is 2.47. The van der Waals surface area contributed by atoms with Crippen molar-refractivity contribution in [1.29, 1.82) is 0 Å². The van der Waals surface area contributed by atoms with Crippen LogP contribution < -0.4 is 10.2 Å². The monoisotopic (exact) mass is 501 g/mol. The Bertz CT molecular complexity index is 1390. The quantitative estimate of drug-likeness (QED) is 0.230. The summed E-state index contributed by atoms with van der Waals surface area (Å²) in [6.45, 7) is 7.98. The lowest BCUT2D eigenvalue weighted by Crippen LogP contribution is -2.54. The maximum absolute atomic E-state index is 13.4. The summed E-state index contributed by atoms with van der Waals surface area (Å²) in [5.74, 6) is -1.38. The molecule has 1 saturated heterocycles. The molecular weight excluding hydrogens is 474 g/mol. The molecule has 0 atom stereocenters. The maximum atomic E-state index is 13.4. The number of aryl methyl sites for hydroxylation is 2. The number of carbonyl (C=O) groups is 3. The Morgan fingerprint density at radius 3 is 2.25 bits per heavy atom. The van der Waals surface area contributed by atoms with Gasteiger partial charge in [-0.2, -0.15) is 0 Å². The van der Waals surface area contributed by atoms with E-state index >= 15 is 0 Å². The van der Waals surface area contributed by atoms with E-state index in [0.717, 1.165) is 34.6 Å². The minimum Gasteiger partial charge on any atom is -0.462 e. The molecule has 2 heterocycles. The molecule has 1 aliphatic heterocycles. The van der Waals surface area contributed by atoms with Gasteiger partial charge in [0.1, 0.15) is 5.57 Å². The second-order valence-corrected chi connectivity index (χ2v) is 8.79. The smallest absolute Gasteiger partial charge is 0.338 e. The lowest BCUT2D eigenvalue weighted by molar-refractivity contribution is -0.122. The lowest BCUT2D eigenvalue weighted by atomic mass is 10.1. The predicted molar refractivity (Wildman–Crippen MR) is 143 cm³/mol. The van der Waals surface area contributed by atoms with Crippen molar-refractivity contribution in [3.63, 3.8) is 0 Å². The first kappa shape index (κ1) is 25.1. The van der Waals surface area contributed by atoms with Gasteiger partial charge in [0.25, 0.3) is 11.8 Å². The standard InChI is InChI=1S/C28H27N3O4S/c1-5-19-7-11-23(12-8-19)31-26(33)24(25(32)29-28(31)36)16-21-15-17(3)30(18(21)4)22-13-9-20(10-14-22)27(34)35-6-2/h7-16H,5-6H2,1-4H3,(H,29,32,36). The van der Waals surface area contributed by atoms with E-state index in [4.69, 9.17) is 17.0 Å². The molecular formula is C28H27N3O4S. The van der Waals surface area contributed by atoms with Crippen molar-refractivity contribution >= 4 is 46.9 Å². The molecule has 0 radical (unpaired) electrons. The molecule has 0 spiro atoms. The predicted octanol–water partition coefficient (Wildman–Crippen LogP) is 4.66. The molecule has 2 amide bonds. The molecule has 1 aromatic heterocycles. The fourth-order valence-electron chi connectivity index (χ4n) is 4.22. The topological polar surface area (TPSA) is 80.6 Å². The molecule has 36 heavy (non-hydrogen) atoms. The molecule has 1 fully saturated rings. The Balaban J connectivity index is 1.68. The number of anilines is 1. The molecule has 184 valence electrons. The number of hydrogen-bond donors (Lipinski definition) is 1. The average Bonchev–Trinajstić information content (AvgIpc) is 3.14. The van der Waals surface area contributed by atoms with Gasteiger partial charge in [-0.25, -0.2) is 4.79 Å². The Hall–Kier alpha value is -4.04. The van der Waals surface area contributed by atoms with Gasteiger partial charge in [0.15, 0.2) is 5.11 Å². The molecule has 0 saturated carbocycles. The average molecular weight is 502 g/mol. The highest BCUT2D eigenvalue weighted by molar-refractivity contribution is 7.80. The van der Waals surface area contributed by atoms with Crippen LogP contribution in [0.3, 0.4) is 0 Å². The van der Waals surface area contributed by atoms with Gasteiger partial charge in [-0.15, -0.1) is 0 Å². The van der Waals surface area contributed by atoms with Crippen molar-refractivity contribution in [2.75, 3.05) is 11.5 Å². The third-order valence-corrected chi connectivity index (χ3v) is 6.40. The fraction of sp³-hybridized carbons (Fsp3) is 0.214. The van der Waals surface area contributed by atoms with Crippen molar-refractivity contribution in [3.8, 4) is 5.69 Å². The second kappa shape index (κ2) is 10.3. The van der Waals surface area contributed by atoms with Crippen LogP contribution in [0.15, 0.2) is 60.2 Å². The number of rotatable bonds is 6. The van der Waals surface area contributed by atoms with Crippen LogP contribution >= 0.6 is 12.2 Å². The van der Waals surface area contributed by atoms with E-state index in [2.05, 4.69) is 12.2 Å². The molecule has 2 aromatic carbocycles.